The van der Waals surface area contributed by atoms with E-state index in [9.17, 15) is 14.7 Å². The molecule has 1 heterocycles. The smallest absolute Gasteiger partial charge is 0.335 e. The molecular weight excluding hydrogens is 394 g/mol. The van der Waals surface area contributed by atoms with Crippen LogP contribution in [0.15, 0.2) is 71.7 Å². The maximum absolute atomic E-state index is 12.8. The predicted molar refractivity (Wildman–Crippen MR) is 117 cm³/mol. The number of aliphatic hydroxyl groups is 1. The lowest BCUT2D eigenvalue weighted by Crippen LogP contribution is -2.34. The first kappa shape index (κ1) is 20.9. The molecule has 0 aliphatic heterocycles. The van der Waals surface area contributed by atoms with Crippen LogP contribution in [0.1, 0.15) is 47.6 Å². The van der Waals surface area contributed by atoms with Crippen LogP contribution in [0.4, 0.5) is 0 Å². The van der Waals surface area contributed by atoms with Gasteiger partial charge in [0, 0.05) is 17.8 Å². The Labute approximate surface area is 180 Å². The number of aromatic carboxylic acids is 1. The number of rotatable bonds is 6. The van der Waals surface area contributed by atoms with Crippen LogP contribution >= 0.6 is 0 Å². The zero-order valence-corrected chi connectivity index (χ0v) is 17.1. The third-order valence-corrected chi connectivity index (χ3v) is 5.77. The summed E-state index contributed by atoms with van der Waals surface area (Å²) in [5, 5.41) is 19.5. The maximum atomic E-state index is 12.8. The second-order valence-corrected chi connectivity index (χ2v) is 7.87. The van der Waals surface area contributed by atoms with E-state index in [0.29, 0.717) is 5.75 Å². The summed E-state index contributed by atoms with van der Waals surface area (Å²) < 4.78 is 7.61. The van der Waals surface area contributed by atoms with Gasteiger partial charge in [-0.15, -0.1) is 0 Å². The first-order valence-electron chi connectivity index (χ1n) is 10.5. The van der Waals surface area contributed by atoms with Crippen molar-refractivity contribution >= 4 is 5.97 Å². The minimum atomic E-state index is -0.981. The van der Waals surface area contributed by atoms with Gasteiger partial charge in [0.05, 0.1) is 17.7 Å². The largest absolute Gasteiger partial charge is 0.488 e. The third kappa shape index (κ3) is 4.70. The van der Waals surface area contributed by atoms with Crippen LogP contribution in [0.25, 0.3) is 11.1 Å². The molecule has 0 bridgehead atoms. The summed E-state index contributed by atoms with van der Waals surface area (Å²) in [6.07, 6.45) is 4.78. The molecule has 31 heavy (non-hydrogen) atoms. The number of nitrogens with zero attached hydrogens (tertiary/aromatic N) is 1. The fourth-order valence-corrected chi connectivity index (χ4v) is 4.13. The summed E-state index contributed by atoms with van der Waals surface area (Å²) in [5.41, 5.74) is 2.33. The Morgan fingerprint density at radius 3 is 2.61 bits per heavy atom. The number of carboxylic acid groups (broad SMARTS) is 1. The highest BCUT2D eigenvalue weighted by Crippen LogP contribution is 2.31. The molecule has 2 N–H and O–H groups in total. The van der Waals surface area contributed by atoms with Crippen molar-refractivity contribution in [2.45, 2.75) is 44.4 Å². The van der Waals surface area contributed by atoms with E-state index < -0.39 is 12.1 Å². The lowest BCUT2D eigenvalue weighted by molar-refractivity contribution is 0.0696. The van der Waals surface area contributed by atoms with E-state index in [1.54, 1.807) is 29.0 Å². The van der Waals surface area contributed by atoms with Crippen LogP contribution in [0, 0.1) is 0 Å². The Morgan fingerprint density at radius 1 is 1.03 bits per heavy atom. The van der Waals surface area contributed by atoms with E-state index in [1.807, 2.05) is 36.4 Å². The molecule has 1 aliphatic rings. The topological polar surface area (TPSA) is 88.8 Å². The highest BCUT2D eigenvalue weighted by molar-refractivity contribution is 5.87. The van der Waals surface area contributed by atoms with Gasteiger partial charge < -0.3 is 19.5 Å². The molecule has 1 aromatic heterocycles. The standard InChI is InChI=1S/C25H25NO5/c27-22-10-3-2-9-21(22)26-13-12-18(15-24(26)28)20-8-1-4-11-23(20)31-16-17-6-5-7-19(14-17)25(29)30/h1,4-8,11-15,21-22,27H,2-3,9-10,16H2,(H,29,30)/t21-,22-/m0/s1. The first-order chi connectivity index (χ1) is 15.0. The number of pyridine rings is 1. The van der Waals surface area contributed by atoms with Crippen LogP contribution in [0.2, 0.25) is 0 Å². The average Bonchev–Trinajstić information content (AvgIpc) is 2.79. The van der Waals surface area contributed by atoms with Gasteiger partial charge in [-0.2, -0.15) is 0 Å². The van der Waals surface area contributed by atoms with Crippen LogP contribution in [-0.2, 0) is 6.61 Å². The highest BCUT2D eigenvalue weighted by Gasteiger charge is 2.25. The number of aliphatic hydroxyl groups excluding tert-OH is 1. The van der Waals surface area contributed by atoms with Gasteiger partial charge in [-0.1, -0.05) is 43.2 Å². The number of carboxylic acids is 1. The van der Waals surface area contributed by atoms with E-state index in [4.69, 9.17) is 9.84 Å². The van der Waals surface area contributed by atoms with E-state index in [1.165, 1.54) is 6.07 Å². The number of carbonyl (C=O) groups is 1. The molecule has 6 nitrogen and oxygen atoms in total. The summed E-state index contributed by atoms with van der Waals surface area (Å²) in [5.74, 6) is -0.371. The minimum Gasteiger partial charge on any atom is -0.488 e. The first-order valence-corrected chi connectivity index (χ1v) is 10.5. The zero-order valence-electron chi connectivity index (χ0n) is 17.1. The van der Waals surface area contributed by atoms with Crippen LogP contribution in [0.3, 0.4) is 0 Å². The molecule has 0 unspecified atom stereocenters. The summed E-state index contributed by atoms with van der Waals surface area (Å²) in [6.45, 7) is 0.212. The van der Waals surface area contributed by atoms with E-state index in [0.717, 1.165) is 42.4 Å². The molecule has 3 aromatic rings. The van der Waals surface area contributed by atoms with Gasteiger partial charge in [0.1, 0.15) is 12.4 Å². The second kappa shape index (κ2) is 9.18. The highest BCUT2D eigenvalue weighted by atomic mass is 16.5. The van der Waals surface area contributed by atoms with Gasteiger partial charge >= 0.3 is 5.97 Å². The summed E-state index contributed by atoms with van der Waals surface area (Å²) >= 11 is 0. The SMILES string of the molecule is O=C(O)c1cccc(COc2ccccc2-c2ccn([C@H]3CCCC[C@@H]3O)c(=O)c2)c1. The maximum Gasteiger partial charge on any atom is 0.335 e. The van der Waals surface area contributed by atoms with Crippen molar-refractivity contribution in [2.75, 3.05) is 0 Å². The van der Waals surface area contributed by atoms with Gasteiger partial charge in [-0.25, -0.2) is 4.79 Å². The van der Waals surface area contributed by atoms with E-state index in [-0.39, 0.29) is 23.8 Å². The molecule has 1 aliphatic carbocycles. The van der Waals surface area contributed by atoms with Gasteiger partial charge in [0.2, 0.25) is 0 Å². The van der Waals surface area contributed by atoms with Gasteiger partial charge in [0.25, 0.3) is 5.56 Å². The molecule has 4 rings (SSSR count). The second-order valence-electron chi connectivity index (χ2n) is 7.87. The molecule has 0 amide bonds. The zero-order chi connectivity index (χ0) is 21.8. The molecular formula is C25H25NO5. The summed E-state index contributed by atoms with van der Waals surface area (Å²) in [6, 6.07) is 17.3. The molecule has 0 spiro atoms. The Kier molecular flexibility index (Phi) is 6.18. The molecule has 2 aromatic carbocycles. The van der Waals surface area contributed by atoms with Crippen LogP contribution in [0.5, 0.6) is 5.75 Å². The Bertz CT molecular complexity index is 1140. The lowest BCUT2D eigenvalue weighted by Gasteiger charge is -2.29. The Balaban J connectivity index is 1.57. The van der Waals surface area contributed by atoms with E-state index >= 15 is 0 Å². The van der Waals surface area contributed by atoms with Gasteiger partial charge in [-0.3, -0.25) is 4.79 Å². The lowest BCUT2D eigenvalue weighted by atomic mass is 9.92. The van der Waals surface area contributed by atoms with Crippen molar-refractivity contribution in [1.29, 1.82) is 0 Å². The molecule has 1 fully saturated rings. The number of hydrogen-bond acceptors (Lipinski definition) is 4. The Hall–Kier alpha value is -3.38. The molecule has 160 valence electrons. The number of aromatic nitrogens is 1. The quantitative estimate of drug-likeness (QED) is 0.623. The number of ether oxygens (including phenoxy) is 1. The normalized spacial score (nSPS) is 18.5. The average molecular weight is 419 g/mol. The molecule has 0 saturated heterocycles. The fraction of sp³-hybridized carbons (Fsp3) is 0.280. The van der Waals surface area contributed by atoms with Crippen LogP contribution < -0.4 is 10.3 Å². The number of benzene rings is 2. The molecule has 1 saturated carbocycles. The molecule has 6 heteroatoms. The Morgan fingerprint density at radius 2 is 1.84 bits per heavy atom. The van der Waals surface area contributed by atoms with Gasteiger partial charge in [0.15, 0.2) is 0 Å². The van der Waals surface area contributed by atoms with Crippen LogP contribution in [-0.4, -0.2) is 26.9 Å². The van der Waals surface area contributed by atoms with Crippen molar-refractivity contribution < 1.29 is 19.7 Å². The number of para-hydroxylation sites is 1. The van der Waals surface area contributed by atoms with Crippen molar-refractivity contribution in [3.8, 4) is 16.9 Å². The fourth-order valence-electron chi connectivity index (χ4n) is 4.13. The summed E-state index contributed by atoms with van der Waals surface area (Å²) in [7, 11) is 0. The van der Waals surface area contributed by atoms with E-state index in [2.05, 4.69) is 0 Å². The van der Waals surface area contributed by atoms with Crippen molar-refractivity contribution in [2.24, 2.45) is 0 Å². The minimum absolute atomic E-state index is 0.146. The predicted octanol–water partition coefficient (Wildman–Crippen LogP) is 4.27. The third-order valence-electron chi connectivity index (χ3n) is 5.77. The number of hydrogen-bond donors (Lipinski definition) is 2. The molecule has 0 radical (unpaired) electrons. The van der Waals surface area contributed by atoms with Gasteiger partial charge in [-0.05, 0) is 48.2 Å². The van der Waals surface area contributed by atoms with Crippen molar-refractivity contribution in [3.05, 3.63) is 88.3 Å². The van der Waals surface area contributed by atoms with Crippen molar-refractivity contribution in [3.63, 3.8) is 0 Å². The monoisotopic (exact) mass is 419 g/mol. The summed E-state index contributed by atoms with van der Waals surface area (Å²) in [4.78, 5) is 24.0. The molecule has 2 atom stereocenters. The van der Waals surface area contributed by atoms with Crippen molar-refractivity contribution in [1.82, 2.24) is 4.57 Å².